The van der Waals surface area contributed by atoms with Crippen LogP contribution in [0, 0.1) is 0 Å². The topological polar surface area (TPSA) is 26.3 Å². The van der Waals surface area contributed by atoms with Crippen molar-refractivity contribution < 1.29 is 7.87 Å². The van der Waals surface area contributed by atoms with Crippen LogP contribution in [0.5, 0.6) is 0 Å². The van der Waals surface area contributed by atoms with E-state index in [-0.39, 0.29) is 5.97 Å². The van der Waals surface area contributed by atoms with Gasteiger partial charge in [0.15, 0.2) is 0 Å². The first-order valence-corrected chi connectivity index (χ1v) is 30.7. The van der Waals surface area contributed by atoms with Gasteiger partial charge in [0.2, 0.25) is 0 Å². The molecule has 6 aromatic carbocycles. The summed E-state index contributed by atoms with van der Waals surface area (Å²) in [6.07, 6.45) is 4.06. The summed E-state index contributed by atoms with van der Waals surface area (Å²) < 4.78 is 14.7. The summed E-state index contributed by atoms with van der Waals surface area (Å²) in [6.45, 7) is 0. The third-order valence-corrected chi connectivity index (χ3v) is 40.4. The molecule has 0 amide bonds. The fourth-order valence-electron chi connectivity index (χ4n) is 7.02. The second kappa shape index (κ2) is 15.4. The molecular weight excluding hydrogens is 818 g/mol. The van der Waals surface area contributed by atoms with Crippen molar-refractivity contribution in [2.24, 2.45) is 0 Å². The first kappa shape index (κ1) is 33.0. The summed E-state index contributed by atoms with van der Waals surface area (Å²) in [5.41, 5.74) is 1.25. The molecule has 1 fully saturated rings. The average molecular weight is 856 g/mol. The summed E-state index contributed by atoms with van der Waals surface area (Å²) in [5.74, 6) is -0.159. The van der Waals surface area contributed by atoms with Gasteiger partial charge in [-0.15, -0.1) is 0 Å². The average Bonchev–Trinajstić information content (AvgIpc) is 3.71. The van der Waals surface area contributed by atoms with Gasteiger partial charge in [-0.1, -0.05) is 0 Å². The van der Waals surface area contributed by atoms with Crippen molar-refractivity contribution in [1.82, 2.24) is 0 Å². The van der Waals surface area contributed by atoms with Gasteiger partial charge in [0.1, 0.15) is 0 Å². The van der Waals surface area contributed by atoms with E-state index in [1.165, 1.54) is 16.3 Å². The van der Waals surface area contributed by atoms with Crippen LogP contribution in [0.4, 0.5) is 0 Å². The molecule has 1 saturated carbocycles. The molecule has 0 aliphatic heterocycles. The quantitative estimate of drug-likeness (QED) is 0.118. The Morgan fingerprint density at radius 2 is 0.729 bits per heavy atom. The molecule has 7 rings (SSSR count). The number of rotatable bonds is 10. The Kier molecular flexibility index (Phi) is 10.6. The first-order valence-electron chi connectivity index (χ1n) is 16.7. The monoisotopic (exact) mass is 858 g/mol. The predicted octanol–water partition coefficient (Wildman–Crippen LogP) is 6.43. The Balaban J connectivity index is 1.45. The van der Waals surface area contributed by atoms with Gasteiger partial charge in [0, 0.05) is 0 Å². The number of benzene rings is 6. The van der Waals surface area contributed by atoms with E-state index in [4.69, 9.17) is 3.07 Å². The van der Waals surface area contributed by atoms with Gasteiger partial charge in [0.25, 0.3) is 0 Å². The number of allylic oxidation sites excluding steroid dienone is 1. The van der Waals surface area contributed by atoms with E-state index in [0.29, 0.717) is 0 Å². The van der Waals surface area contributed by atoms with Crippen molar-refractivity contribution in [2.75, 3.05) is 0 Å². The van der Waals surface area contributed by atoms with Crippen LogP contribution in [0.15, 0.2) is 192 Å². The summed E-state index contributed by atoms with van der Waals surface area (Å²) in [6, 6.07) is 64.5. The molecular formula is C43H38O2SSn2. The molecule has 236 valence electrons. The summed E-state index contributed by atoms with van der Waals surface area (Å²) in [7, 11) is 1.88. The van der Waals surface area contributed by atoms with E-state index in [2.05, 4.69) is 164 Å². The van der Waals surface area contributed by atoms with E-state index < -0.39 is 35.8 Å². The van der Waals surface area contributed by atoms with Crippen LogP contribution in [0.3, 0.4) is 0 Å². The zero-order chi connectivity index (χ0) is 32.7. The maximum absolute atomic E-state index is 15.4. The van der Waals surface area contributed by atoms with E-state index in [1.54, 1.807) is 0 Å². The minimum absolute atomic E-state index is 0.159. The van der Waals surface area contributed by atoms with E-state index >= 15 is 4.79 Å². The zero-order valence-corrected chi connectivity index (χ0v) is 33.4. The van der Waals surface area contributed by atoms with E-state index in [9.17, 15) is 0 Å². The Bertz CT molecular complexity index is 1770. The van der Waals surface area contributed by atoms with E-state index in [1.807, 2.05) is 27.1 Å². The SMILES string of the molecule is O=C([O][Sn]([c]1ccccc1)([c]1ccccc1)[c]1ccccc1)C([S][Sn]([c]1ccccc1)([c]1ccccc1)[c]1ccccc1)=C1CCCC1. The molecule has 0 saturated heterocycles. The van der Waals surface area contributed by atoms with Crippen molar-refractivity contribution in [3.05, 3.63) is 192 Å². The third-order valence-electron chi connectivity index (χ3n) is 9.30. The second-order valence-electron chi connectivity index (χ2n) is 12.2. The van der Waals surface area contributed by atoms with Gasteiger partial charge in [-0.05, 0) is 0 Å². The van der Waals surface area contributed by atoms with Crippen LogP contribution < -0.4 is 21.5 Å². The zero-order valence-electron chi connectivity index (χ0n) is 26.9. The van der Waals surface area contributed by atoms with Gasteiger partial charge in [-0.3, -0.25) is 0 Å². The van der Waals surface area contributed by atoms with Gasteiger partial charge < -0.3 is 0 Å². The summed E-state index contributed by atoms with van der Waals surface area (Å²) >= 11 is -8.34. The van der Waals surface area contributed by atoms with Crippen LogP contribution in [0.25, 0.3) is 0 Å². The van der Waals surface area contributed by atoms with Crippen LogP contribution in [0.2, 0.25) is 0 Å². The normalized spacial score (nSPS) is 13.2. The molecule has 1 aliphatic carbocycles. The van der Waals surface area contributed by atoms with Crippen LogP contribution >= 0.6 is 8.95 Å². The number of hydrogen-bond donors (Lipinski definition) is 0. The van der Waals surface area contributed by atoms with Crippen molar-refractivity contribution in [3.8, 4) is 0 Å². The molecule has 0 radical (unpaired) electrons. The third kappa shape index (κ3) is 6.57. The minimum atomic E-state index is -4.39. The maximum atomic E-state index is 15.4. The van der Waals surface area contributed by atoms with Crippen LogP contribution in [-0.2, 0) is 7.87 Å². The molecule has 0 bridgehead atoms. The van der Waals surface area contributed by atoms with Gasteiger partial charge in [-0.25, -0.2) is 0 Å². The molecule has 0 N–H and O–H groups in total. The fourth-order valence-corrected chi connectivity index (χ4v) is 37.8. The molecule has 5 heteroatoms. The molecule has 1 aliphatic rings. The fraction of sp³-hybridized carbons (Fsp3) is 0.0930. The molecule has 0 unspecified atom stereocenters. The molecule has 48 heavy (non-hydrogen) atoms. The predicted molar refractivity (Wildman–Crippen MR) is 207 cm³/mol. The van der Waals surface area contributed by atoms with Crippen molar-refractivity contribution >= 4 is 72.2 Å². The Hall–Kier alpha value is -3.52. The van der Waals surface area contributed by atoms with E-state index in [0.717, 1.165) is 41.3 Å². The molecule has 6 aromatic rings. The molecule has 0 atom stereocenters. The van der Waals surface area contributed by atoms with Crippen LogP contribution in [0.1, 0.15) is 25.7 Å². The Morgan fingerprint density at radius 1 is 0.438 bits per heavy atom. The van der Waals surface area contributed by atoms with Crippen molar-refractivity contribution in [2.45, 2.75) is 25.7 Å². The summed E-state index contributed by atoms with van der Waals surface area (Å²) in [4.78, 5) is 16.3. The standard InChI is InChI=1S/C7H10O2S.6C6H5.2Sn/c8-7(9)6(10)5-3-1-2-4-5;6*1-2-4-6-5-3-1;;/h10H,1-4H2,(H,8,9);6*1-5H;;/q;;;;;;;2*+1/p-2. The molecule has 0 aromatic heterocycles. The molecule has 2 nitrogen and oxygen atoms in total. The molecule has 0 spiro atoms. The van der Waals surface area contributed by atoms with Crippen molar-refractivity contribution in [1.29, 1.82) is 0 Å². The Morgan fingerprint density at radius 3 is 1.04 bits per heavy atom. The first-order chi connectivity index (χ1) is 23.7. The molecule has 0 heterocycles. The van der Waals surface area contributed by atoms with Crippen LogP contribution in [-0.4, -0.2) is 41.8 Å². The summed E-state index contributed by atoms with van der Waals surface area (Å²) in [5, 5.41) is 0. The van der Waals surface area contributed by atoms with Gasteiger partial charge >= 0.3 is 298 Å². The van der Waals surface area contributed by atoms with Gasteiger partial charge in [-0.2, -0.15) is 0 Å². The second-order valence-corrected chi connectivity index (χ2v) is 36.9. The van der Waals surface area contributed by atoms with Crippen molar-refractivity contribution in [3.63, 3.8) is 0 Å². The number of carbonyl (C=O) groups excluding carboxylic acids is 1. The number of carbonyl (C=O) groups is 1. The Labute approximate surface area is 295 Å². The van der Waals surface area contributed by atoms with Gasteiger partial charge in [0.05, 0.1) is 0 Å². The number of hydrogen-bond acceptors (Lipinski definition) is 3.